The van der Waals surface area contributed by atoms with Gasteiger partial charge in [-0.25, -0.2) is 4.98 Å². The van der Waals surface area contributed by atoms with Crippen LogP contribution in [0.15, 0.2) is 11.1 Å². The first-order valence-corrected chi connectivity index (χ1v) is 3.47. The summed E-state index contributed by atoms with van der Waals surface area (Å²) in [6, 6.07) is 0. The first kappa shape index (κ1) is 8.45. The van der Waals surface area contributed by atoms with Crippen molar-refractivity contribution in [2.45, 2.75) is 6.92 Å². The Labute approximate surface area is 69.4 Å². The summed E-state index contributed by atoms with van der Waals surface area (Å²) in [6.07, 6.45) is 1.29. The average Bonchev–Trinajstić information content (AvgIpc) is 2.03. The van der Waals surface area contributed by atoms with Crippen LogP contribution in [0.25, 0.3) is 0 Å². The topological polar surface area (TPSA) is 81.6 Å². The van der Waals surface area contributed by atoms with Crippen LogP contribution < -0.4 is 10.9 Å². The zero-order valence-electron chi connectivity index (χ0n) is 6.93. The van der Waals surface area contributed by atoms with E-state index in [4.69, 9.17) is 5.41 Å². The minimum atomic E-state index is -0.255. The molecule has 1 heterocycles. The highest BCUT2D eigenvalue weighted by Gasteiger charge is 2.07. The van der Waals surface area contributed by atoms with Gasteiger partial charge in [-0.2, -0.15) is 0 Å². The molecular formula is C7H10N4O. The molecule has 0 radical (unpaired) electrons. The Bertz CT molecular complexity index is 355. The van der Waals surface area contributed by atoms with E-state index >= 15 is 0 Å². The van der Waals surface area contributed by atoms with Crippen LogP contribution in [0.2, 0.25) is 0 Å². The smallest absolute Gasteiger partial charge is 0.274 e. The zero-order chi connectivity index (χ0) is 9.14. The van der Waals surface area contributed by atoms with Crippen LogP contribution >= 0.6 is 0 Å². The number of aromatic amines is 1. The number of hydrogen-bond donors (Lipinski definition) is 3. The van der Waals surface area contributed by atoms with Gasteiger partial charge in [0, 0.05) is 7.05 Å². The summed E-state index contributed by atoms with van der Waals surface area (Å²) in [4.78, 5) is 17.4. The van der Waals surface area contributed by atoms with Crippen molar-refractivity contribution in [2.24, 2.45) is 0 Å². The van der Waals surface area contributed by atoms with Crippen molar-refractivity contribution in [3.05, 3.63) is 22.4 Å². The van der Waals surface area contributed by atoms with E-state index < -0.39 is 0 Å². The molecule has 0 aliphatic rings. The monoisotopic (exact) mass is 166 g/mol. The van der Waals surface area contributed by atoms with Crippen LogP contribution in [0.5, 0.6) is 0 Å². The molecule has 1 rings (SSSR count). The fraction of sp³-hybridized carbons (Fsp3) is 0.286. The average molecular weight is 166 g/mol. The normalized spacial score (nSPS) is 9.50. The Balaban J connectivity index is 3.38. The minimum Gasteiger partial charge on any atom is -0.382 e. The molecule has 0 bridgehead atoms. The first-order valence-electron chi connectivity index (χ1n) is 3.47. The van der Waals surface area contributed by atoms with Crippen LogP contribution in [-0.2, 0) is 0 Å². The second-order valence-corrected chi connectivity index (χ2v) is 2.33. The number of nitrogens with zero attached hydrogens (tertiary/aromatic N) is 1. The van der Waals surface area contributed by atoms with E-state index in [9.17, 15) is 4.79 Å². The highest BCUT2D eigenvalue weighted by molar-refractivity contribution is 5.99. The molecule has 3 N–H and O–H groups in total. The molecule has 64 valence electrons. The number of hydrogen-bond acceptors (Lipinski definition) is 4. The molecule has 0 saturated heterocycles. The third-order valence-corrected chi connectivity index (χ3v) is 1.46. The van der Waals surface area contributed by atoms with Crippen LogP contribution in [0.3, 0.4) is 0 Å². The van der Waals surface area contributed by atoms with Gasteiger partial charge in [0.1, 0.15) is 11.4 Å². The van der Waals surface area contributed by atoms with Crippen LogP contribution in [0, 0.1) is 5.41 Å². The Morgan fingerprint density at radius 2 is 2.42 bits per heavy atom. The molecule has 0 saturated carbocycles. The van der Waals surface area contributed by atoms with Gasteiger partial charge in [-0.3, -0.25) is 4.79 Å². The van der Waals surface area contributed by atoms with E-state index in [0.717, 1.165) is 0 Å². The third-order valence-electron chi connectivity index (χ3n) is 1.46. The van der Waals surface area contributed by atoms with Crippen molar-refractivity contribution in [3.63, 3.8) is 0 Å². The van der Waals surface area contributed by atoms with Gasteiger partial charge in [-0.15, -0.1) is 0 Å². The van der Waals surface area contributed by atoms with E-state index in [0.29, 0.717) is 11.4 Å². The lowest BCUT2D eigenvalue weighted by Gasteiger charge is -2.03. The maximum atomic E-state index is 11.1. The molecule has 12 heavy (non-hydrogen) atoms. The molecule has 0 unspecified atom stereocenters. The maximum Gasteiger partial charge on any atom is 0.274 e. The maximum absolute atomic E-state index is 11.1. The van der Waals surface area contributed by atoms with Gasteiger partial charge in [0.05, 0.1) is 12.0 Å². The van der Waals surface area contributed by atoms with E-state index in [1.807, 2.05) is 0 Å². The third kappa shape index (κ3) is 1.34. The standard InChI is InChI=1S/C7H10N4O/c1-4(8)5-6(9-2)7(12)11-3-10-5/h3,8-9H,1-2H3,(H,10,11,12). The fourth-order valence-electron chi connectivity index (χ4n) is 0.916. The van der Waals surface area contributed by atoms with Gasteiger partial charge in [-0.1, -0.05) is 0 Å². The number of anilines is 1. The molecular weight excluding hydrogens is 156 g/mol. The molecule has 1 aromatic rings. The summed E-state index contributed by atoms with van der Waals surface area (Å²) in [7, 11) is 1.62. The lowest BCUT2D eigenvalue weighted by Crippen LogP contribution is -2.17. The Kier molecular flexibility index (Phi) is 2.23. The fourth-order valence-corrected chi connectivity index (χ4v) is 0.916. The van der Waals surface area contributed by atoms with Crippen molar-refractivity contribution < 1.29 is 0 Å². The van der Waals surface area contributed by atoms with Crippen molar-refractivity contribution in [1.29, 1.82) is 5.41 Å². The molecule has 0 amide bonds. The van der Waals surface area contributed by atoms with E-state index in [1.54, 1.807) is 14.0 Å². The summed E-state index contributed by atoms with van der Waals surface area (Å²) in [5, 5.41) is 10.0. The number of H-pyrrole nitrogens is 1. The molecule has 5 heteroatoms. The van der Waals surface area contributed by atoms with Crippen LogP contribution in [0.4, 0.5) is 5.69 Å². The lowest BCUT2D eigenvalue weighted by molar-refractivity contribution is 1.09. The second-order valence-electron chi connectivity index (χ2n) is 2.33. The number of rotatable bonds is 2. The summed E-state index contributed by atoms with van der Waals surface area (Å²) >= 11 is 0. The van der Waals surface area contributed by atoms with Gasteiger partial charge in [0.15, 0.2) is 0 Å². The van der Waals surface area contributed by atoms with Gasteiger partial charge in [0.2, 0.25) is 0 Å². The molecule has 0 aliphatic heterocycles. The van der Waals surface area contributed by atoms with Crippen LogP contribution in [-0.4, -0.2) is 22.7 Å². The Morgan fingerprint density at radius 1 is 1.75 bits per heavy atom. The largest absolute Gasteiger partial charge is 0.382 e. The van der Waals surface area contributed by atoms with Crippen LogP contribution in [0.1, 0.15) is 12.6 Å². The molecule has 0 atom stereocenters. The lowest BCUT2D eigenvalue weighted by atomic mass is 10.2. The van der Waals surface area contributed by atoms with Crippen molar-refractivity contribution in [2.75, 3.05) is 12.4 Å². The van der Waals surface area contributed by atoms with Crippen molar-refractivity contribution in [1.82, 2.24) is 9.97 Å². The predicted molar refractivity (Wildman–Crippen MR) is 46.9 cm³/mol. The zero-order valence-corrected chi connectivity index (χ0v) is 6.93. The summed E-state index contributed by atoms with van der Waals surface area (Å²) in [5.74, 6) is 0. The quantitative estimate of drug-likeness (QED) is 0.549. The van der Waals surface area contributed by atoms with E-state index in [1.165, 1.54) is 6.33 Å². The molecule has 0 spiro atoms. The summed E-state index contributed by atoms with van der Waals surface area (Å²) in [6.45, 7) is 1.59. The number of aromatic nitrogens is 2. The molecule has 0 fully saturated rings. The Morgan fingerprint density at radius 3 is 2.83 bits per heavy atom. The van der Waals surface area contributed by atoms with Gasteiger partial charge in [0.25, 0.3) is 5.56 Å². The highest BCUT2D eigenvalue weighted by atomic mass is 16.1. The summed E-state index contributed by atoms with van der Waals surface area (Å²) in [5.41, 5.74) is 0.741. The molecule has 5 nitrogen and oxygen atoms in total. The van der Waals surface area contributed by atoms with E-state index in [-0.39, 0.29) is 11.3 Å². The number of nitrogens with one attached hydrogen (secondary N) is 3. The van der Waals surface area contributed by atoms with Crippen molar-refractivity contribution in [3.8, 4) is 0 Å². The minimum absolute atomic E-state index is 0.255. The van der Waals surface area contributed by atoms with E-state index in [2.05, 4.69) is 15.3 Å². The van der Waals surface area contributed by atoms with Gasteiger partial charge in [-0.05, 0) is 6.92 Å². The SMILES string of the molecule is CNc1c(C(C)=N)nc[nH]c1=O. The first-order chi connectivity index (χ1) is 5.66. The molecule has 0 aliphatic carbocycles. The summed E-state index contributed by atoms with van der Waals surface area (Å²) < 4.78 is 0. The molecule has 1 aromatic heterocycles. The Hall–Kier alpha value is -1.65. The predicted octanol–water partition coefficient (Wildman–Crippen LogP) is 0.199. The van der Waals surface area contributed by atoms with Gasteiger partial charge >= 0.3 is 0 Å². The second kappa shape index (κ2) is 3.17. The highest BCUT2D eigenvalue weighted by Crippen LogP contribution is 2.03. The van der Waals surface area contributed by atoms with Gasteiger partial charge < -0.3 is 15.7 Å². The molecule has 0 aromatic carbocycles. The van der Waals surface area contributed by atoms with Crippen molar-refractivity contribution >= 4 is 11.4 Å².